The lowest BCUT2D eigenvalue weighted by Crippen LogP contribution is -2.17. The molecule has 0 aliphatic carbocycles. The first kappa shape index (κ1) is 19.1. The van der Waals surface area contributed by atoms with E-state index in [1.54, 1.807) is 0 Å². The molecule has 7 nitrogen and oxygen atoms in total. The van der Waals surface area contributed by atoms with E-state index in [1.807, 2.05) is 0 Å². The Morgan fingerprint density at radius 1 is 1.04 bits per heavy atom. The Balaban J connectivity index is 2.06. The molecule has 0 atom stereocenters. The molecule has 1 aromatic heterocycles. The molecule has 0 aliphatic rings. The van der Waals surface area contributed by atoms with Crippen molar-refractivity contribution in [2.24, 2.45) is 0 Å². The minimum absolute atomic E-state index is 0.0348. The van der Waals surface area contributed by atoms with Crippen molar-refractivity contribution in [3.63, 3.8) is 0 Å². The summed E-state index contributed by atoms with van der Waals surface area (Å²) in [6, 6.07) is 6.23. The van der Waals surface area contributed by atoms with E-state index < -0.39 is 28.5 Å². The van der Waals surface area contributed by atoms with Gasteiger partial charge in [0, 0.05) is 23.7 Å². The summed E-state index contributed by atoms with van der Waals surface area (Å²) < 4.78 is 66.2. The summed E-state index contributed by atoms with van der Waals surface area (Å²) in [6.45, 7) is 0. The highest BCUT2D eigenvalue weighted by atomic mass is 19.4. The van der Waals surface area contributed by atoms with Gasteiger partial charge in [-0.05, 0) is 18.2 Å². The highest BCUT2D eigenvalue weighted by Gasteiger charge is 2.33. The number of nitro groups is 1. The third-order valence-corrected chi connectivity index (χ3v) is 3.56. The largest absolute Gasteiger partial charge is 0.573 e. The van der Waals surface area contributed by atoms with E-state index in [9.17, 15) is 27.7 Å². The van der Waals surface area contributed by atoms with Crippen molar-refractivity contribution in [2.75, 3.05) is 7.11 Å². The van der Waals surface area contributed by atoms with Crippen molar-refractivity contribution in [3.8, 4) is 23.0 Å². The maximum Gasteiger partial charge on any atom is 0.573 e. The van der Waals surface area contributed by atoms with E-state index in [0.29, 0.717) is 6.07 Å². The van der Waals surface area contributed by atoms with Crippen LogP contribution in [-0.4, -0.2) is 23.4 Å². The molecular formula is C17H10F4N2O5. The van der Waals surface area contributed by atoms with Crippen LogP contribution < -0.4 is 14.2 Å². The first-order valence-corrected chi connectivity index (χ1v) is 7.52. The Labute approximate surface area is 154 Å². The van der Waals surface area contributed by atoms with Crippen molar-refractivity contribution in [1.82, 2.24) is 4.98 Å². The number of benzene rings is 2. The highest BCUT2D eigenvalue weighted by Crippen LogP contribution is 2.39. The van der Waals surface area contributed by atoms with Crippen LogP contribution in [0.15, 0.2) is 42.6 Å². The standard InChI is InChI=1S/C17H10F4N2O5/c1-26-15-8-12-10(7-16(15)28-17(19,20)21)13(4-5-22-12)27-14-3-2-9(23(24)25)6-11(14)18/h2-8H,1H3. The number of rotatable bonds is 5. The summed E-state index contributed by atoms with van der Waals surface area (Å²) in [7, 11) is 1.16. The Morgan fingerprint density at radius 3 is 2.39 bits per heavy atom. The second-order valence-corrected chi connectivity index (χ2v) is 5.35. The molecule has 0 bridgehead atoms. The molecule has 11 heteroatoms. The lowest BCUT2D eigenvalue weighted by molar-refractivity contribution is -0.385. The third-order valence-electron chi connectivity index (χ3n) is 3.56. The monoisotopic (exact) mass is 398 g/mol. The number of nitrogens with zero attached hydrogens (tertiary/aromatic N) is 2. The predicted molar refractivity (Wildman–Crippen MR) is 88.1 cm³/mol. The van der Waals surface area contributed by atoms with Gasteiger partial charge in [-0.15, -0.1) is 13.2 Å². The zero-order valence-corrected chi connectivity index (χ0v) is 14.0. The van der Waals surface area contributed by atoms with E-state index in [4.69, 9.17) is 9.47 Å². The number of nitro benzene ring substituents is 1. The van der Waals surface area contributed by atoms with E-state index in [2.05, 4.69) is 9.72 Å². The average Bonchev–Trinajstić information content (AvgIpc) is 2.61. The number of hydrogen-bond donors (Lipinski definition) is 0. The van der Waals surface area contributed by atoms with Crippen molar-refractivity contribution < 1.29 is 36.7 Å². The number of alkyl halides is 3. The second-order valence-electron chi connectivity index (χ2n) is 5.35. The zero-order chi connectivity index (χ0) is 20.5. The molecule has 28 heavy (non-hydrogen) atoms. The number of pyridine rings is 1. The third kappa shape index (κ3) is 4.03. The average molecular weight is 398 g/mol. The molecule has 0 fully saturated rings. The number of non-ortho nitro benzene ring substituents is 1. The molecule has 0 unspecified atom stereocenters. The number of fused-ring (bicyclic) bond motifs is 1. The van der Waals surface area contributed by atoms with Crippen LogP contribution in [0.3, 0.4) is 0 Å². The summed E-state index contributed by atoms with van der Waals surface area (Å²) in [5, 5.41) is 10.8. The van der Waals surface area contributed by atoms with E-state index >= 15 is 0 Å². The summed E-state index contributed by atoms with van der Waals surface area (Å²) in [5.74, 6) is -2.25. The Bertz CT molecular complexity index is 1060. The SMILES string of the molecule is COc1cc2nccc(Oc3ccc([N+](=O)[O-])cc3F)c2cc1OC(F)(F)F. The summed E-state index contributed by atoms with van der Waals surface area (Å²) in [5.41, 5.74) is -0.277. The number of hydrogen-bond acceptors (Lipinski definition) is 6. The van der Waals surface area contributed by atoms with Gasteiger partial charge in [-0.3, -0.25) is 15.1 Å². The van der Waals surface area contributed by atoms with Crippen molar-refractivity contribution >= 4 is 16.6 Å². The van der Waals surface area contributed by atoms with Gasteiger partial charge in [0.2, 0.25) is 0 Å². The minimum atomic E-state index is -4.96. The lowest BCUT2D eigenvalue weighted by Gasteiger charge is -2.15. The molecule has 3 aromatic rings. The van der Waals surface area contributed by atoms with E-state index in [1.165, 1.54) is 18.3 Å². The van der Waals surface area contributed by atoms with Crippen molar-refractivity contribution in [2.45, 2.75) is 6.36 Å². The van der Waals surface area contributed by atoms with Crippen LogP contribution in [-0.2, 0) is 0 Å². The van der Waals surface area contributed by atoms with Gasteiger partial charge in [-0.2, -0.15) is 0 Å². The van der Waals surface area contributed by atoms with Gasteiger partial charge in [0.05, 0.1) is 23.6 Å². The number of aromatic nitrogens is 1. The predicted octanol–water partition coefficient (Wildman–Crippen LogP) is 4.98. The summed E-state index contributed by atoms with van der Waals surface area (Å²) >= 11 is 0. The van der Waals surface area contributed by atoms with Gasteiger partial charge in [0.1, 0.15) is 5.75 Å². The van der Waals surface area contributed by atoms with Crippen molar-refractivity contribution in [3.05, 3.63) is 58.5 Å². The molecule has 0 saturated carbocycles. The first-order valence-electron chi connectivity index (χ1n) is 7.52. The van der Waals surface area contributed by atoms with Crippen LogP contribution in [0.2, 0.25) is 0 Å². The van der Waals surface area contributed by atoms with Gasteiger partial charge < -0.3 is 14.2 Å². The summed E-state index contributed by atoms with van der Waals surface area (Å²) in [6.07, 6.45) is -3.67. The molecule has 0 radical (unpaired) electrons. The van der Waals surface area contributed by atoms with Crippen LogP contribution in [0.5, 0.6) is 23.0 Å². The maximum absolute atomic E-state index is 14.1. The first-order chi connectivity index (χ1) is 13.2. The van der Waals surface area contributed by atoms with Gasteiger partial charge in [0.25, 0.3) is 5.69 Å². The molecule has 0 spiro atoms. The normalized spacial score (nSPS) is 11.3. The number of methoxy groups -OCH3 is 1. The summed E-state index contributed by atoms with van der Waals surface area (Å²) in [4.78, 5) is 13.9. The van der Waals surface area contributed by atoms with Crippen LogP contribution in [0.4, 0.5) is 23.2 Å². The van der Waals surface area contributed by atoms with E-state index in [-0.39, 0.29) is 28.2 Å². The molecule has 0 amide bonds. The minimum Gasteiger partial charge on any atom is -0.493 e. The fraction of sp³-hybridized carbons (Fsp3) is 0.118. The highest BCUT2D eigenvalue weighted by molar-refractivity contribution is 5.88. The second kappa shape index (κ2) is 7.18. The molecule has 2 aromatic carbocycles. The van der Waals surface area contributed by atoms with Gasteiger partial charge in [-0.1, -0.05) is 0 Å². The molecular weight excluding hydrogens is 388 g/mol. The maximum atomic E-state index is 14.1. The molecule has 0 aliphatic heterocycles. The number of ether oxygens (including phenoxy) is 3. The lowest BCUT2D eigenvalue weighted by atomic mass is 10.2. The molecule has 0 N–H and O–H groups in total. The fourth-order valence-electron chi connectivity index (χ4n) is 2.39. The van der Waals surface area contributed by atoms with Crippen LogP contribution in [0.1, 0.15) is 0 Å². The fourth-order valence-corrected chi connectivity index (χ4v) is 2.39. The van der Waals surface area contributed by atoms with Gasteiger partial charge >= 0.3 is 6.36 Å². The topological polar surface area (TPSA) is 83.7 Å². The zero-order valence-electron chi connectivity index (χ0n) is 14.0. The molecule has 0 saturated heterocycles. The van der Waals surface area contributed by atoms with E-state index in [0.717, 1.165) is 25.3 Å². The Kier molecular flexibility index (Phi) is 4.91. The van der Waals surface area contributed by atoms with Crippen molar-refractivity contribution in [1.29, 1.82) is 0 Å². The van der Waals surface area contributed by atoms with Crippen LogP contribution >= 0.6 is 0 Å². The number of halogens is 4. The Morgan fingerprint density at radius 2 is 1.79 bits per heavy atom. The van der Waals surface area contributed by atoms with Gasteiger partial charge in [0.15, 0.2) is 23.1 Å². The van der Waals surface area contributed by atoms with Crippen LogP contribution in [0, 0.1) is 15.9 Å². The van der Waals surface area contributed by atoms with Crippen LogP contribution in [0.25, 0.3) is 10.9 Å². The molecule has 3 rings (SSSR count). The quantitative estimate of drug-likeness (QED) is 0.342. The Hall–Kier alpha value is -3.63. The smallest absolute Gasteiger partial charge is 0.493 e. The van der Waals surface area contributed by atoms with Gasteiger partial charge in [-0.25, -0.2) is 4.39 Å². The molecule has 146 valence electrons. The molecule has 1 heterocycles.